The Balaban J connectivity index is 1.46. The van der Waals surface area contributed by atoms with Crippen LogP contribution in [0.5, 0.6) is 0 Å². The fourth-order valence-electron chi connectivity index (χ4n) is 3.93. The summed E-state index contributed by atoms with van der Waals surface area (Å²) in [5.74, 6) is -0.159. The van der Waals surface area contributed by atoms with E-state index in [1.165, 1.54) is 0 Å². The number of Topliss-reactive ketones (excluding diaryl/α,β-unsaturated/α-hetero) is 1. The number of rotatable bonds is 7. The van der Waals surface area contributed by atoms with Crippen LogP contribution in [0.3, 0.4) is 0 Å². The van der Waals surface area contributed by atoms with Gasteiger partial charge in [-0.15, -0.1) is 0 Å². The van der Waals surface area contributed by atoms with Gasteiger partial charge in [0.05, 0.1) is 23.8 Å². The number of ketones is 1. The van der Waals surface area contributed by atoms with Crippen LogP contribution in [0, 0.1) is 0 Å². The number of fused-ring (bicyclic) bond motifs is 1. The zero-order valence-corrected chi connectivity index (χ0v) is 20.9. The van der Waals surface area contributed by atoms with E-state index in [-0.39, 0.29) is 18.2 Å². The van der Waals surface area contributed by atoms with Gasteiger partial charge in [-0.25, -0.2) is 4.68 Å². The molecule has 1 aromatic heterocycles. The van der Waals surface area contributed by atoms with Crippen molar-refractivity contribution in [1.29, 1.82) is 0 Å². The van der Waals surface area contributed by atoms with E-state index >= 15 is 0 Å². The number of anilines is 1. The average Bonchev–Trinajstić information content (AvgIpc) is 3.21. The van der Waals surface area contributed by atoms with Gasteiger partial charge in [0.25, 0.3) is 0 Å². The van der Waals surface area contributed by atoms with Crippen LogP contribution < -0.4 is 4.90 Å². The van der Waals surface area contributed by atoms with E-state index in [2.05, 4.69) is 5.10 Å². The Kier molecular flexibility index (Phi) is 6.74. The molecule has 0 amide bonds. The zero-order valence-electron chi connectivity index (χ0n) is 20.9. The minimum Gasteiger partial charge on any atom is -0.460 e. The second-order valence-corrected chi connectivity index (χ2v) is 9.92. The smallest absolute Gasteiger partial charge is 0.310 e. The molecule has 4 rings (SSSR count). The molecule has 3 aromatic carbocycles. The highest BCUT2D eigenvalue weighted by Gasteiger charge is 2.17. The van der Waals surface area contributed by atoms with Crippen LogP contribution in [0.4, 0.5) is 5.69 Å². The van der Waals surface area contributed by atoms with E-state index in [1.54, 1.807) is 6.20 Å². The summed E-state index contributed by atoms with van der Waals surface area (Å²) >= 11 is 0. The minimum absolute atomic E-state index is 0.0881. The van der Waals surface area contributed by atoms with Crippen molar-refractivity contribution >= 4 is 28.3 Å². The topological polar surface area (TPSA) is 64.4 Å². The van der Waals surface area contributed by atoms with E-state index in [0.29, 0.717) is 12.0 Å². The lowest BCUT2D eigenvalue weighted by molar-refractivity contribution is -0.153. The maximum atomic E-state index is 12.7. The Labute approximate surface area is 206 Å². The lowest BCUT2D eigenvalue weighted by Gasteiger charge is -2.19. The van der Waals surface area contributed by atoms with E-state index in [9.17, 15) is 9.59 Å². The number of esters is 1. The van der Waals surface area contributed by atoms with Crippen molar-refractivity contribution in [3.8, 4) is 5.69 Å². The van der Waals surface area contributed by atoms with E-state index in [0.717, 1.165) is 33.4 Å². The highest BCUT2D eigenvalue weighted by atomic mass is 16.6. The molecule has 0 atom stereocenters. The third-order valence-electron chi connectivity index (χ3n) is 5.65. The van der Waals surface area contributed by atoms with Crippen molar-refractivity contribution in [2.75, 3.05) is 19.0 Å². The molecule has 0 fully saturated rings. The number of carbonyl (C=O) groups is 2. The first-order valence-electron chi connectivity index (χ1n) is 11.7. The molecule has 0 saturated heterocycles. The lowest BCUT2D eigenvalue weighted by Crippen LogP contribution is -2.24. The molecule has 0 bridgehead atoms. The Morgan fingerprint density at radius 1 is 0.886 bits per heavy atom. The van der Waals surface area contributed by atoms with Gasteiger partial charge in [0, 0.05) is 37.2 Å². The number of ether oxygens (including phenoxy) is 1. The third kappa shape index (κ3) is 5.96. The van der Waals surface area contributed by atoms with Crippen molar-refractivity contribution < 1.29 is 14.3 Å². The molecule has 0 aliphatic rings. The molecule has 0 spiro atoms. The van der Waals surface area contributed by atoms with Crippen LogP contribution >= 0.6 is 0 Å². The summed E-state index contributed by atoms with van der Waals surface area (Å²) in [5, 5.41) is 5.49. The Morgan fingerprint density at radius 2 is 1.54 bits per heavy atom. The number of carbonyl (C=O) groups excluding carboxylic acids is 2. The summed E-state index contributed by atoms with van der Waals surface area (Å²) in [5.41, 5.74) is 4.97. The second kappa shape index (κ2) is 9.74. The van der Waals surface area contributed by atoms with E-state index in [1.807, 2.05) is 111 Å². The van der Waals surface area contributed by atoms with Crippen LogP contribution in [0.1, 0.15) is 42.3 Å². The van der Waals surface area contributed by atoms with Gasteiger partial charge in [-0.05, 0) is 80.4 Å². The van der Waals surface area contributed by atoms with Crippen molar-refractivity contribution in [3.05, 3.63) is 89.6 Å². The predicted octanol–water partition coefficient (Wildman–Crippen LogP) is 5.40. The second-order valence-electron chi connectivity index (χ2n) is 9.92. The number of hydrogen-bond donors (Lipinski definition) is 0. The molecule has 1 heterocycles. The number of benzene rings is 3. The summed E-state index contributed by atoms with van der Waals surface area (Å²) in [6.07, 6.45) is 2.36. The van der Waals surface area contributed by atoms with Crippen molar-refractivity contribution in [2.24, 2.45) is 0 Å². The van der Waals surface area contributed by atoms with Crippen LogP contribution in [0.15, 0.2) is 72.9 Å². The molecule has 0 unspecified atom stereocenters. The van der Waals surface area contributed by atoms with Gasteiger partial charge in [-0.3, -0.25) is 9.59 Å². The highest BCUT2D eigenvalue weighted by Crippen LogP contribution is 2.22. The fourth-order valence-corrected chi connectivity index (χ4v) is 3.93. The van der Waals surface area contributed by atoms with Gasteiger partial charge < -0.3 is 9.64 Å². The quantitative estimate of drug-likeness (QED) is 0.268. The van der Waals surface area contributed by atoms with Gasteiger partial charge in [0.15, 0.2) is 5.78 Å². The molecule has 0 radical (unpaired) electrons. The summed E-state index contributed by atoms with van der Waals surface area (Å²) in [7, 11) is 3.95. The zero-order chi connectivity index (χ0) is 25.2. The van der Waals surface area contributed by atoms with E-state index < -0.39 is 5.60 Å². The van der Waals surface area contributed by atoms with Crippen molar-refractivity contribution in [2.45, 2.75) is 39.2 Å². The normalized spacial score (nSPS) is 11.5. The van der Waals surface area contributed by atoms with Gasteiger partial charge in [0.2, 0.25) is 0 Å². The first-order valence-corrected chi connectivity index (χ1v) is 11.7. The number of nitrogens with zero attached hydrogens (tertiary/aromatic N) is 3. The van der Waals surface area contributed by atoms with Gasteiger partial charge in [0.1, 0.15) is 5.60 Å². The largest absolute Gasteiger partial charge is 0.460 e. The molecule has 4 aromatic rings. The van der Waals surface area contributed by atoms with Crippen LogP contribution in [-0.2, 0) is 22.4 Å². The molecular formula is C29H31N3O3. The monoisotopic (exact) mass is 469 g/mol. The summed E-state index contributed by atoms with van der Waals surface area (Å²) in [6.45, 7) is 5.59. The summed E-state index contributed by atoms with van der Waals surface area (Å²) < 4.78 is 7.28. The standard InChI is InChI=1S/C29H31N3O3/c1-29(2,3)35-28(34)18-21-8-15-26-23(16-21)19-30-32(26)25-11-6-20(7-12-25)17-27(33)22-9-13-24(14-10-22)31(4)5/h6-16,19H,17-18H2,1-5H3. The van der Waals surface area contributed by atoms with Crippen LogP contribution in [-0.4, -0.2) is 41.2 Å². The third-order valence-corrected chi connectivity index (χ3v) is 5.65. The number of hydrogen-bond acceptors (Lipinski definition) is 5. The average molecular weight is 470 g/mol. The molecule has 6 nitrogen and oxygen atoms in total. The van der Waals surface area contributed by atoms with Crippen molar-refractivity contribution in [1.82, 2.24) is 9.78 Å². The minimum atomic E-state index is -0.500. The molecule has 0 N–H and O–H groups in total. The first kappa shape index (κ1) is 24.2. The van der Waals surface area contributed by atoms with E-state index in [4.69, 9.17) is 4.74 Å². The molecule has 0 saturated carbocycles. The first-order chi connectivity index (χ1) is 16.6. The van der Waals surface area contributed by atoms with Gasteiger partial charge >= 0.3 is 5.97 Å². The lowest BCUT2D eigenvalue weighted by atomic mass is 10.0. The summed E-state index contributed by atoms with van der Waals surface area (Å²) in [4.78, 5) is 26.9. The van der Waals surface area contributed by atoms with Crippen LogP contribution in [0.25, 0.3) is 16.6 Å². The molecule has 0 aliphatic heterocycles. The maximum Gasteiger partial charge on any atom is 0.310 e. The molecule has 180 valence electrons. The summed E-state index contributed by atoms with van der Waals surface area (Å²) in [6, 6.07) is 21.4. The molecular weight excluding hydrogens is 438 g/mol. The van der Waals surface area contributed by atoms with Crippen LogP contribution in [0.2, 0.25) is 0 Å². The Hall–Kier alpha value is -3.93. The highest BCUT2D eigenvalue weighted by molar-refractivity contribution is 5.97. The SMILES string of the molecule is CN(C)c1ccc(C(=O)Cc2ccc(-n3ncc4cc(CC(=O)OC(C)(C)C)ccc43)cc2)cc1. The Morgan fingerprint density at radius 3 is 2.17 bits per heavy atom. The van der Waals surface area contributed by atoms with Gasteiger partial charge in [-0.1, -0.05) is 18.2 Å². The maximum absolute atomic E-state index is 12.7. The molecule has 0 aliphatic carbocycles. The van der Waals surface area contributed by atoms with Crippen molar-refractivity contribution in [3.63, 3.8) is 0 Å². The molecule has 6 heteroatoms. The predicted molar refractivity (Wildman–Crippen MR) is 139 cm³/mol. The fraction of sp³-hybridized carbons (Fsp3) is 0.276. The number of aromatic nitrogens is 2. The Bertz CT molecular complexity index is 1340. The van der Waals surface area contributed by atoms with Gasteiger partial charge in [-0.2, -0.15) is 5.10 Å². The molecule has 35 heavy (non-hydrogen) atoms.